The van der Waals surface area contributed by atoms with Crippen molar-refractivity contribution in [2.45, 2.75) is 44.0 Å². The Balaban J connectivity index is 1.85. The summed E-state index contributed by atoms with van der Waals surface area (Å²) in [5.41, 5.74) is 0.454. The zero-order chi connectivity index (χ0) is 18.4. The molecule has 138 valence electrons. The molecule has 1 amide bonds. The first kappa shape index (κ1) is 19.1. The number of hydrogen-bond donors (Lipinski definition) is 0. The second-order valence-corrected chi connectivity index (χ2v) is 14.2. The number of amides is 1. The van der Waals surface area contributed by atoms with Gasteiger partial charge in [0.25, 0.3) is 0 Å². The summed E-state index contributed by atoms with van der Waals surface area (Å²) in [6.07, 6.45) is 1.41. The lowest BCUT2D eigenvalue weighted by molar-refractivity contribution is -0.161. The van der Waals surface area contributed by atoms with Gasteiger partial charge in [0.1, 0.15) is 12.3 Å². The van der Waals surface area contributed by atoms with Crippen LogP contribution < -0.4 is 0 Å². The maximum Gasteiger partial charge on any atom is 0.356 e. The molecule has 25 heavy (non-hydrogen) atoms. The SMILES string of the molecule is C=CCOC(=O)C1=C2SCCS[C@@H]2[C@@H]2[C@@H]([C@@H](C)O[Si](C)(C)C)C(=O)N12. The normalized spacial score (nSPS) is 29.7. The van der Waals surface area contributed by atoms with Crippen molar-refractivity contribution in [1.29, 1.82) is 0 Å². The Kier molecular flexibility index (Phi) is 5.44. The fourth-order valence-electron chi connectivity index (χ4n) is 3.69. The van der Waals surface area contributed by atoms with Crippen molar-refractivity contribution in [2.24, 2.45) is 5.92 Å². The molecular weight excluding hydrogens is 374 g/mol. The fourth-order valence-corrected chi connectivity index (χ4v) is 7.92. The van der Waals surface area contributed by atoms with Crippen molar-refractivity contribution in [3.05, 3.63) is 23.3 Å². The van der Waals surface area contributed by atoms with Crippen molar-refractivity contribution < 1.29 is 18.8 Å². The fraction of sp³-hybridized carbons (Fsp3) is 0.647. The van der Waals surface area contributed by atoms with Crippen LogP contribution in [0.25, 0.3) is 0 Å². The molecule has 4 atom stereocenters. The molecule has 0 aromatic rings. The van der Waals surface area contributed by atoms with Crippen LogP contribution in [0.15, 0.2) is 23.3 Å². The highest BCUT2D eigenvalue weighted by Gasteiger charge is 2.62. The molecule has 3 aliphatic rings. The van der Waals surface area contributed by atoms with Gasteiger partial charge in [0, 0.05) is 16.4 Å². The number of carbonyl (C=O) groups excluding carboxylic acids is 2. The Bertz CT molecular complexity index is 631. The maximum atomic E-state index is 12.9. The van der Waals surface area contributed by atoms with Crippen LogP contribution in [0.5, 0.6) is 0 Å². The molecule has 0 bridgehead atoms. The molecule has 0 aliphatic carbocycles. The molecule has 2 fully saturated rings. The highest BCUT2D eigenvalue weighted by atomic mass is 32.2. The van der Waals surface area contributed by atoms with E-state index in [-0.39, 0.29) is 35.8 Å². The van der Waals surface area contributed by atoms with Crippen LogP contribution in [0.2, 0.25) is 19.6 Å². The lowest BCUT2D eigenvalue weighted by atomic mass is 9.83. The van der Waals surface area contributed by atoms with E-state index in [1.165, 1.54) is 0 Å². The van der Waals surface area contributed by atoms with Gasteiger partial charge in [0.15, 0.2) is 8.32 Å². The minimum absolute atomic E-state index is 0.00981. The smallest absolute Gasteiger partial charge is 0.356 e. The molecule has 3 heterocycles. The summed E-state index contributed by atoms with van der Waals surface area (Å²) in [7, 11) is -1.74. The third kappa shape index (κ3) is 3.46. The molecule has 8 heteroatoms. The molecule has 0 aromatic carbocycles. The number of carbonyl (C=O) groups is 2. The summed E-state index contributed by atoms with van der Waals surface area (Å²) >= 11 is 3.52. The number of hydrogen-bond acceptors (Lipinski definition) is 6. The van der Waals surface area contributed by atoms with E-state index >= 15 is 0 Å². The van der Waals surface area contributed by atoms with Crippen molar-refractivity contribution in [2.75, 3.05) is 18.1 Å². The van der Waals surface area contributed by atoms with Gasteiger partial charge in [-0.2, -0.15) is 11.8 Å². The van der Waals surface area contributed by atoms with E-state index in [4.69, 9.17) is 9.16 Å². The summed E-state index contributed by atoms with van der Waals surface area (Å²) in [6.45, 7) is 12.1. The highest BCUT2D eigenvalue weighted by Crippen LogP contribution is 2.54. The number of nitrogens with zero attached hydrogens (tertiary/aromatic N) is 1. The van der Waals surface area contributed by atoms with Crippen LogP contribution >= 0.6 is 23.5 Å². The Morgan fingerprint density at radius 3 is 2.80 bits per heavy atom. The van der Waals surface area contributed by atoms with Gasteiger partial charge >= 0.3 is 5.97 Å². The van der Waals surface area contributed by atoms with Crippen LogP contribution in [-0.4, -0.2) is 60.6 Å². The van der Waals surface area contributed by atoms with E-state index in [0.29, 0.717) is 5.70 Å². The minimum Gasteiger partial charge on any atom is -0.457 e. The second kappa shape index (κ2) is 7.13. The average molecular weight is 400 g/mol. The van der Waals surface area contributed by atoms with Gasteiger partial charge in [0.2, 0.25) is 5.91 Å². The van der Waals surface area contributed by atoms with Crippen LogP contribution in [0.1, 0.15) is 6.92 Å². The molecule has 5 nitrogen and oxygen atoms in total. The van der Waals surface area contributed by atoms with Gasteiger partial charge in [-0.25, -0.2) is 4.79 Å². The third-order valence-corrected chi connectivity index (χ3v) is 8.41. The summed E-state index contributed by atoms with van der Waals surface area (Å²) in [5, 5.41) is 0.167. The maximum absolute atomic E-state index is 12.9. The van der Waals surface area contributed by atoms with E-state index in [1.54, 1.807) is 22.7 Å². The van der Waals surface area contributed by atoms with Gasteiger partial charge in [-0.05, 0) is 26.6 Å². The van der Waals surface area contributed by atoms with E-state index in [0.717, 1.165) is 16.4 Å². The monoisotopic (exact) mass is 399 g/mol. The van der Waals surface area contributed by atoms with Crippen LogP contribution in [0.4, 0.5) is 0 Å². The summed E-state index contributed by atoms with van der Waals surface area (Å²) in [6, 6.07) is 0.0120. The number of thioether (sulfide) groups is 2. The highest BCUT2D eigenvalue weighted by molar-refractivity contribution is 8.09. The number of β-lactam (4-membered cyclic amide) rings is 1. The average Bonchev–Trinajstić information content (AvgIpc) is 2.82. The van der Waals surface area contributed by atoms with Gasteiger partial charge in [-0.1, -0.05) is 12.7 Å². The second-order valence-electron chi connectivity index (χ2n) is 7.40. The molecular formula is C17H25NO4S2Si. The molecule has 0 unspecified atom stereocenters. The number of rotatable bonds is 6. The number of ether oxygens (including phenoxy) is 1. The molecule has 0 N–H and O–H groups in total. The van der Waals surface area contributed by atoms with E-state index in [9.17, 15) is 9.59 Å². The predicted octanol–water partition coefficient (Wildman–Crippen LogP) is 2.86. The van der Waals surface area contributed by atoms with Crippen molar-refractivity contribution in [1.82, 2.24) is 4.90 Å². The molecule has 0 spiro atoms. The number of fused-ring (bicyclic) bond motifs is 3. The number of esters is 1. The lowest BCUT2D eigenvalue weighted by Crippen LogP contribution is -2.65. The summed E-state index contributed by atoms with van der Waals surface area (Å²) in [5.74, 6) is 1.38. The van der Waals surface area contributed by atoms with E-state index in [2.05, 4.69) is 26.2 Å². The van der Waals surface area contributed by atoms with Crippen molar-refractivity contribution in [3.8, 4) is 0 Å². The van der Waals surface area contributed by atoms with Gasteiger partial charge < -0.3 is 9.16 Å². The molecule has 3 aliphatic heterocycles. The topological polar surface area (TPSA) is 55.8 Å². The Labute approximate surface area is 158 Å². The van der Waals surface area contributed by atoms with Gasteiger partial charge in [-0.15, -0.1) is 11.8 Å². The van der Waals surface area contributed by atoms with E-state index in [1.807, 2.05) is 18.7 Å². The standard InChI is InChI=1S/C17H25NO4S2Si/c1-6-7-21-17(20)13-15-14(23-8-9-24-15)12-11(16(19)18(12)13)10(2)22-25(3,4)5/h6,10-12,14H,1,7-9H2,2-5H3/t10-,11-,12+,14-/m1/s1. The first-order valence-corrected chi connectivity index (χ1v) is 14.0. The first-order chi connectivity index (χ1) is 11.8. The van der Waals surface area contributed by atoms with Crippen LogP contribution in [0.3, 0.4) is 0 Å². The molecule has 0 saturated carbocycles. The first-order valence-electron chi connectivity index (χ1n) is 8.53. The Morgan fingerprint density at radius 2 is 2.16 bits per heavy atom. The molecule has 2 saturated heterocycles. The van der Waals surface area contributed by atoms with Crippen LogP contribution in [0, 0.1) is 5.92 Å². The minimum atomic E-state index is -1.74. The van der Waals surface area contributed by atoms with Gasteiger partial charge in [0.05, 0.1) is 23.3 Å². The van der Waals surface area contributed by atoms with Crippen molar-refractivity contribution in [3.63, 3.8) is 0 Å². The largest absolute Gasteiger partial charge is 0.457 e. The zero-order valence-electron chi connectivity index (χ0n) is 15.1. The summed E-state index contributed by atoms with van der Waals surface area (Å²) in [4.78, 5) is 28.1. The zero-order valence-corrected chi connectivity index (χ0v) is 17.7. The Morgan fingerprint density at radius 1 is 1.44 bits per heavy atom. The third-order valence-electron chi connectivity index (χ3n) is 4.44. The van der Waals surface area contributed by atoms with E-state index < -0.39 is 14.3 Å². The van der Waals surface area contributed by atoms with Crippen LogP contribution in [-0.2, 0) is 18.8 Å². The van der Waals surface area contributed by atoms with Gasteiger partial charge in [-0.3, -0.25) is 9.69 Å². The quantitative estimate of drug-likeness (QED) is 0.296. The molecule has 0 radical (unpaired) electrons. The summed E-state index contributed by atoms with van der Waals surface area (Å²) < 4.78 is 11.4. The lowest BCUT2D eigenvalue weighted by Gasteiger charge is -2.49. The molecule has 3 rings (SSSR count). The predicted molar refractivity (Wildman–Crippen MR) is 105 cm³/mol. The molecule has 0 aromatic heterocycles. The Hall–Kier alpha value is -0.703. The van der Waals surface area contributed by atoms with Crippen molar-refractivity contribution >= 4 is 43.7 Å².